The Hall–Kier alpha value is -1.87. The van der Waals surface area contributed by atoms with Crippen molar-refractivity contribution in [2.75, 3.05) is 14.2 Å². The van der Waals surface area contributed by atoms with Crippen molar-refractivity contribution in [3.63, 3.8) is 0 Å². The van der Waals surface area contributed by atoms with Crippen LogP contribution in [-0.2, 0) is 19.7 Å². The van der Waals surface area contributed by atoms with Crippen molar-refractivity contribution in [2.24, 2.45) is 5.92 Å². The highest BCUT2D eigenvalue weighted by Crippen LogP contribution is 2.39. The lowest BCUT2D eigenvalue weighted by molar-refractivity contribution is -0.142. The van der Waals surface area contributed by atoms with Crippen LogP contribution in [0.25, 0.3) is 0 Å². The normalized spacial score (nSPS) is 14.6. The SMILES string of the molecule is COc1cc(OC)nc(C(C(=O)O)(C(C)C)S(=O)(=O)O)c1. The van der Waals surface area contributed by atoms with E-state index in [2.05, 4.69) is 4.98 Å². The number of carboxylic acids is 1. The summed E-state index contributed by atoms with van der Waals surface area (Å²) in [6, 6.07) is 2.50. The van der Waals surface area contributed by atoms with E-state index in [0.29, 0.717) is 0 Å². The third-order valence-corrected chi connectivity index (χ3v) is 4.81. The summed E-state index contributed by atoms with van der Waals surface area (Å²) >= 11 is 0. The smallest absolute Gasteiger partial charge is 0.334 e. The minimum Gasteiger partial charge on any atom is -0.496 e. The maximum absolute atomic E-state index is 11.8. The van der Waals surface area contributed by atoms with E-state index in [4.69, 9.17) is 9.47 Å². The molecule has 0 saturated carbocycles. The van der Waals surface area contributed by atoms with Crippen LogP contribution in [0.3, 0.4) is 0 Å². The summed E-state index contributed by atoms with van der Waals surface area (Å²) in [7, 11) is -2.39. The molecule has 0 aliphatic heterocycles. The van der Waals surface area contributed by atoms with Crippen LogP contribution < -0.4 is 9.47 Å². The molecule has 0 spiro atoms. The van der Waals surface area contributed by atoms with Crippen LogP contribution in [0.5, 0.6) is 11.6 Å². The number of nitrogens with zero attached hydrogens (tertiary/aromatic N) is 1. The van der Waals surface area contributed by atoms with Crippen LogP contribution in [0.2, 0.25) is 0 Å². The number of aliphatic carboxylic acids is 1. The van der Waals surface area contributed by atoms with Crippen molar-refractivity contribution in [3.8, 4) is 11.6 Å². The molecule has 0 aliphatic carbocycles. The van der Waals surface area contributed by atoms with E-state index in [9.17, 15) is 22.9 Å². The quantitative estimate of drug-likeness (QED) is 0.742. The van der Waals surface area contributed by atoms with Gasteiger partial charge >= 0.3 is 5.97 Å². The number of hydrogen-bond donors (Lipinski definition) is 2. The van der Waals surface area contributed by atoms with Gasteiger partial charge in [-0.05, 0) is 5.92 Å². The Kier molecular flexibility index (Phi) is 4.79. The second-order valence-electron chi connectivity index (χ2n) is 4.61. The Morgan fingerprint density at radius 3 is 2.19 bits per heavy atom. The molecule has 1 unspecified atom stereocenters. The monoisotopic (exact) mass is 319 g/mol. The molecule has 0 bridgehead atoms. The highest BCUT2D eigenvalue weighted by Gasteiger charge is 2.56. The minimum atomic E-state index is -5.00. The Bertz CT molecular complexity index is 619. The minimum absolute atomic E-state index is 0.0284. The first-order valence-electron chi connectivity index (χ1n) is 5.92. The van der Waals surface area contributed by atoms with Crippen LogP contribution in [0.1, 0.15) is 19.5 Å². The fourth-order valence-electron chi connectivity index (χ4n) is 2.09. The molecular formula is C12H17NO7S. The highest BCUT2D eigenvalue weighted by molar-refractivity contribution is 7.87. The number of carbonyl (C=O) groups is 1. The van der Waals surface area contributed by atoms with Crippen LogP contribution in [0, 0.1) is 5.92 Å². The van der Waals surface area contributed by atoms with E-state index in [1.165, 1.54) is 34.1 Å². The number of ether oxygens (including phenoxy) is 2. The van der Waals surface area contributed by atoms with Crippen molar-refractivity contribution >= 4 is 16.1 Å². The number of aromatic nitrogens is 1. The summed E-state index contributed by atoms with van der Waals surface area (Å²) in [4.78, 5) is 15.5. The van der Waals surface area contributed by atoms with E-state index in [1.54, 1.807) is 0 Å². The highest BCUT2D eigenvalue weighted by atomic mass is 32.2. The van der Waals surface area contributed by atoms with Crippen LogP contribution in [-0.4, -0.2) is 43.2 Å². The summed E-state index contributed by atoms with van der Waals surface area (Å²) in [5.41, 5.74) is -0.385. The second kappa shape index (κ2) is 5.86. The molecule has 9 heteroatoms. The molecule has 1 atom stereocenters. The van der Waals surface area contributed by atoms with E-state index in [-0.39, 0.29) is 17.3 Å². The van der Waals surface area contributed by atoms with Gasteiger partial charge in [-0.25, -0.2) is 9.78 Å². The van der Waals surface area contributed by atoms with Gasteiger partial charge < -0.3 is 14.6 Å². The molecule has 0 amide bonds. The molecular weight excluding hydrogens is 302 g/mol. The second-order valence-corrected chi connectivity index (χ2v) is 6.20. The predicted molar refractivity (Wildman–Crippen MR) is 73.0 cm³/mol. The van der Waals surface area contributed by atoms with Gasteiger partial charge in [0.05, 0.1) is 19.9 Å². The molecule has 118 valence electrons. The zero-order valence-electron chi connectivity index (χ0n) is 12.0. The van der Waals surface area contributed by atoms with Gasteiger partial charge in [-0.15, -0.1) is 0 Å². The first-order valence-corrected chi connectivity index (χ1v) is 7.36. The molecule has 0 aliphatic rings. The molecule has 2 N–H and O–H groups in total. The van der Waals surface area contributed by atoms with Gasteiger partial charge in [-0.1, -0.05) is 13.8 Å². The maximum Gasteiger partial charge on any atom is 0.334 e. The summed E-state index contributed by atoms with van der Waals surface area (Å²) in [5, 5.41) is 9.45. The van der Waals surface area contributed by atoms with Gasteiger partial charge in [0.25, 0.3) is 10.1 Å². The van der Waals surface area contributed by atoms with Crippen LogP contribution in [0.15, 0.2) is 12.1 Å². The predicted octanol–water partition coefficient (Wildman–Crippen LogP) is 0.923. The van der Waals surface area contributed by atoms with E-state index in [0.717, 1.165) is 6.07 Å². The first-order chi connectivity index (χ1) is 9.61. The lowest BCUT2D eigenvalue weighted by atomic mass is 9.90. The fourth-order valence-corrected chi connectivity index (χ4v) is 3.27. The third kappa shape index (κ3) is 2.79. The molecule has 1 aromatic rings. The number of pyridine rings is 1. The van der Waals surface area contributed by atoms with Crippen LogP contribution in [0.4, 0.5) is 0 Å². The maximum atomic E-state index is 11.8. The Morgan fingerprint density at radius 2 is 1.86 bits per heavy atom. The van der Waals surface area contributed by atoms with Gasteiger partial charge in [0.2, 0.25) is 10.6 Å². The van der Waals surface area contributed by atoms with E-state index in [1.807, 2.05) is 0 Å². The number of methoxy groups -OCH3 is 2. The van der Waals surface area contributed by atoms with Crippen molar-refractivity contribution in [1.82, 2.24) is 4.98 Å². The van der Waals surface area contributed by atoms with Crippen molar-refractivity contribution in [3.05, 3.63) is 17.8 Å². The zero-order chi connectivity index (χ0) is 16.4. The van der Waals surface area contributed by atoms with Gasteiger partial charge in [-0.3, -0.25) is 4.55 Å². The van der Waals surface area contributed by atoms with Gasteiger partial charge in [0.1, 0.15) is 5.75 Å². The molecule has 0 saturated heterocycles. The van der Waals surface area contributed by atoms with E-state index >= 15 is 0 Å². The summed E-state index contributed by atoms with van der Waals surface area (Å²) in [6.45, 7) is 2.71. The standard InChI is InChI=1S/C12H17NO7S/c1-7(2)12(11(14)15,21(16,17)18)9-5-8(19-3)6-10(13-9)20-4/h5-7H,1-4H3,(H,14,15)(H,16,17,18). The van der Waals surface area contributed by atoms with Crippen molar-refractivity contribution in [1.29, 1.82) is 0 Å². The molecule has 1 aromatic heterocycles. The molecule has 0 radical (unpaired) electrons. The average molecular weight is 319 g/mol. The molecule has 1 rings (SSSR count). The average Bonchev–Trinajstić information content (AvgIpc) is 2.36. The Balaban J connectivity index is 3.81. The number of carboxylic acid groups (broad SMARTS) is 1. The lowest BCUT2D eigenvalue weighted by Crippen LogP contribution is -2.48. The summed E-state index contributed by atoms with van der Waals surface area (Å²) in [5.74, 6) is -2.59. The summed E-state index contributed by atoms with van der Waals surface area (Å²) in [6.07, 6.45) is 0. The number of hydrogen-bond acceptors (Lipinski definition) is 6. The molecule has 0 aromatic carbocycles. The third-order valence-electron chi connectivity index (χ3n) is 3.14. The molecule has 8 nitrogen and oxygen atoms in total. The lowest BCUT2D eigenvalue weighted by Gasteiger charge is -2.29. The topological polar surface area (TPSA) is 123 Å². The summed E-state index contributed by atoms with van der Waals surface area (Å²) < 4.78 is 40.4. The van der Waals surface area contributed by atoms with Gasteiger partial charge in [0.15, 0.2) is 0 Å². The van der Waals surface area contributed by atoms with Gasteiger partial charge in [0, 0.05) is 12.1 Å². The Morgan fingerprint density at radius 1 is 1.29 bits per heavy atom. The molecule has 21 heavy (non-hydrogen) atoms. The van der Waals surface area contributed by atoms with Crippen molar-refractivity contribution < 1.29 is 32.3 Å². The Labute approximate surface area is 122 Å². The van der Waals surface area contributed by atoms with Crippen LogP contribution >= 0.6 is 0 Å². The van der Waals surface area contributed by atoms with Gasteiger partial charge in [-0.2, -0.15) is 8.42 Å². The molecule has 0 fully saturated rings. The molecule has 1 heterocycles. The fraction of sp³-hybridized carbons (Fsp3) is 0.500. The number of rotatable bonds is 6. The zero-order valence-corrected chi connectivity index (χ0v) is 12.8. The largest absolute Gasteiger partial charge is 0.496 e. The van der Waals surface area contributed by atoms with Crippen molar-refractivity contribution in [2.45, 2.75) is 18.6 Å². The van der Waals surface area contributed by atoms with E-state index < -0.39 is 26.8 Å². The first kappa shape index (κ1) is 17.2.